The molecule has 0 aliphatic heterocycles. The Morgan fingerprint density at radius 1 is 1.68 bits per heavy atom. The van der Waals surface area contributed by atoms with E-state index < -0.39 is 11.0 Å². The average Bonchev–Trinajstić information content (AvgIpc) is 2.82. The number of rotatable bonds is 7. The van der Waals surface area contributed by atoms with E-state index in [-0.39, 0.29) is 17.5 Å². The maximum atomic E-state index is 11.8. The van der Waals surface area contributed by atoms with Crippen molar-refractivity contribution in [1.29, 1.82) is 0 Å². The van der Waals surface area contributed by atoms with E-state index in [1.807, 2.05) is 6.92 Å². The van der Waals surface area contributed by atoms with E-state index >= 15 is 0 Å². The Bertz CT molecular complexity index is 458. The second-order valence-electron chi connectivity index (χ2n) is 4.08. The van der Waals surface area contributed by atoms with Gasteiger partial charge in [-0.2, -0.15) is 0 Å². The van der Waals surface area contributed by atoms with Crippen LogP contribution >= 0.6 is 0 Å². The highest BCUT2D eigenvalue weighted by molar-refractivity contribution is 5.79. The molecule has 8 heteroatoms. The van der Waals surface area contributed by atoms with Crippen LogP contribution in [0, 0.1) is 10.1 Å². The summed E-state index contributed by atoms with van der Waals surface area (Å²) in [6.07, 6.45) is 3.07. The minimum absolute atomic E-state index is 0.0989. The zero-order chi connectivity index (χ0) is 14.4. The summed E-state index contributed by atoms with van der Waals surface area (Å²) in [5.41, 5.74) is -0.254. The van der Waals surface area contributed by atoms with Gasteiger partial charge < -0.3 is 10.1 Å². The zero-order valence-electron chi connectivity index (χ0n) is 11.3. The number of nitrogens with one attached hydrogen (secondary N) is 1. The fourth-order valence-electron chi connectivity index (χ4n) is 1.49. The van der Waals surface area contributed by atoms with Crippen molar-refractivity contribution in [3.8, 4) is 5.88 Å². The summed E-state index contributed by atoms with van der Waals surface area (Å²) in [6, 6.07) is -0.626. The molecule has 1 aromatic heterocycles. The van der Waals surface area contributed by atoms with Crippen LogP contribution in [0.25, 0.3) is 0 Å². The van der Waals surface area contributed by atoms with Crippen LogP contribution in [0.2, 0.25) is 0 Å². The van der Waals surface area contributed by atoms with Crippen LogP contribution in [0.15, 0.2) is 6.20 Å². The smallest absolute Gasteiger partial charge is 0.350 e. The van der Waals surface area contributed by atoms with Crippen LogP contribution in [-0.2, 0) is 4.79 Å². The molecule has 19 heavy (non-hydrogen) atoms. The fourth-order valence-corrected chi connectivity index (χ4v) is 1.49. The van der Waals surface area contributed by atoms with Crippen LogP contribution < -0.4 is 10.1 Å². The van der Waals surface area contributed by atoms with E-state index in [1.165, 1.54) is 18.0 Å². The Morgan fingerprint density at radius 2 is 2.37 bits per heavy atom. The summed E-state index contributed by atoms with van der Waals surface area (Å²) in [6.45, 7) is 4.23. The van der Waals surface area contributed by atoms with Crippen LogP contribution in [0.3, 0.4) is 0 Å². The molecule has 1 heterocycles. The van der Waals surface area contributed by atoms with Crippen molar-refractivity contribution in [2.24, 2.45) is 0 Å². The third kappa shape index (κ3) is 3.67. The van der Waals surface area contributed by atoms with Crippen molar-refractivity contribution in [3.63, 3.8) is 0 Å². The molecule has 0 aromatic carbocycles. The second-order valence-corrected chi connectivity index (χ2v) is 4.08. The first-order chi connectivity index (χ1) is 9.01. The first kappa shape index (κ1) is 14.9. The normalized spacial score (nSPS) is 11.9. The molecule has 1 amide bonds. The maximum absolute atomic E-state index is 11.8. The molecule has 1 rings (SSSR count). The Balaban J connectivity index is 2.79. The lowest BCUT2D eigenvalue weighted by molar-refractivity contribution is -0.385. The number of aromatic nitrogens is 2. The maximum Gasteiger partial charge on any atom is 0.350 e. The first-order valence-corrected chi connectivity index (χ1v) is 6.06. The predicted molar refractivity (Wildman–Crippen MR) is 68.1 cm³/mol. The zero-order valence-corrected chi connectivity index (χ0v) is 11.3. The average molecular weight is 270 g/mol. The molecular formula is C11H18N4O4. The molecule has 106 valence electrons. The highest BCUT2D eigenvalue weighted by atomic mass is 16.6. The standard InChI is InChI=1S/C11H18N4O4/c1-4-5-6-12-10(16)8(2)14-7-9(15(17)18)11(13-14)19-3/h7-8H,4-6H2,1-3H3,(H,12,16). The molecular weight excluding hydrogens is 252 g/mol. The predicted octanol–water partition coefficient (Wildman–Crippen LogP) is 1.28. The van der Waals surface area contributed by atoms with E-state index in [2.05, 4.69) is 10.4 Å². The number of unbranched alkanes of at least 4 members (excludes halogenated alkanes) is 1. The van der Waals surface area contributed by atoms with E-state index in [0.717, 1.165) is 12.8 Å². The fraction of sp³-hybridized carbons (Fsp3) is 0.636. The second kappa shape index (κ2) is 6.72. The van der Waals surface area contributed by atoms with Crippen molar-refractivity contribution in [2.75, 3.05) is 13.7 Å². The van der Waals surface area contributed by atoms with Crippen molar-refractivity contribution >= 4 is 11.6 Å². The van der Waals surface area contributed by atoms with Crippen LogP contribution in [-0.4, -0.2) is 34.3 Å². The highest BCUT2D eigenvalue weighted by Gasteiger charge is 2.24. The number of methoxy groups -OCH3 is 1. The number of ether oxygens (including phenoxy) is 1. The molecule has 0 aliphatic carbocycles. The highest BCUT2D eigenvalue weighted by Crippen LogP contribution is 2.25. The summed E-state index contributed by atoms with van der Waals surface area (Å²) in [7, 11) is 1.30. The minimum Gasteiger partial charge on any atom is -0.475 e. The molecule has 0 aliphatic rings. The van der Waals surface area contributed by atoms with Crippen molar-refractivity contribution < 1.29 is 14.5 Å². The molecule has 0 bridgehead atoms. The lowest BCUT2D eigenvalue weighted by atomic mass is 10.3. The van der Waals surface area contributed by atoms with E-state index in [0.29, 0.717) is 6.54 Å². The third-order valence-electron chi connectivity index (χ3n) is 2.68. The van der Waals surface area contributed by atoms with Crippen molar-refractivity contribution in [1.82, 2.24) is 15.1 Å². The molecule has 0 radical (unpaired) electrons. The minimum atomic E-state index is -0.626. The molecule has 0 spiro atoms. The van der Waals surface area contributed by atoms with Gasteiger partial charge in [-0.25, -0.2) is 4.68 Å². The number of nitro groups is 1. The topological polar surface area (TPSA) is 99.3 Å². The van der Waals surface area contributed by atoms with Crippen LogP contribution in [0.5, 0.6) is 5.88 Å². The van der Waals surface area contributed by atoms with Gasteiger partial charge in [0.2, 0.25) is 5.91 Å². The summed E-state index contributed by atoms with van der Waals surface area (Å²) in [5, 5.41) is 17.4. The summed E-state index contributed by atoms with van der Waals surface area (Å²) < 4.78 is 6.04. The van der Waals surface area contributed by atoms with Gasteiger partial charge in [0.1, 0.15) is 12.2 Å². The molecule has 0 saturated carbocycles. The van der Waals surface area contributed by atoms with E-state index in [9.17, 15) is 14.9 Å². The van der Waals surface area contributed by atoms with Gasteiger partial charge in [0.05, 0.1) is 12.0 Å². The Hall–Kier alpha value is -2.12. The number of nitrogens with zero attached hydrogens (tertiary/aromatic N) is 3. The number of carbonyl (C=O) groups is 1. The van der Waals surface area contributed by atoms with Crippen LogP contribution in [0.1, 0.15) is 32.7 Å². The monoisotopic (exact) mass is 270 g/mol. The SMILES string of the molecule is CCCCNC(=O)C(C)n1cc([N+](=O)[O-])c(OC)n1. The van der Waals surface area contributed by atoms with E-state index in [4.69, 9.17) is 4.74 Å². The Morgan fingerprint density at radius 3 is 2.84 bits per heavy atom. The summed E-state index contributed by atoms with van der Waals surface area (Å²) in [4.78, 5) is 22.0. The lowest BCUT2D eigenvalue weighted by Gasteiger charge is -2.11. The molecule has 1 N–H and O–H groups in total. The van der Waals surface area contributed by atoms with Gasteiger partial charge in [0.15, 0.2) is 0 Å². The molecule has 1 aromatic rings. The van der Waals surface area contributed by atoms with Crippen LogP contribution in [0.4, 0.5) is 5.69 Å². The van der Waals surface area contributed by atoms with Crippen molar-refractivity contribution in [3.05, 3.63) is 16.3 Å². The number of carbonyl (C=O) groups excluding carboxylic acids is 1. The first-order valence-electron chi connectivity index (χ1n) is 6.06. The van der Waals surface area contributed by atoms with Gasteiger partial charge >= 0.3 is 11.6 Å². The number of hydrogen-bond donors (Lipinski definition) is 1. The Labute approximate surface area is 110 Å². The summed E-state index contributed by atoms with van der Waals surface area (Å²) in [5.74, 6) is -0.327. The van der Waals surface area contributed by atoms with Crippen molar-refractivity contribution in [2.45, 2.75) is 32.7 Å². The Kier molecular flexibility index (Phi) is 5.28. The number of amides is 1. The van der Waals surface area contributed by atoms with Gasteiger partial charge in [-0.15, -0.1) is 5.10 Å². The molecule has 0 saturated heterocycles. The van der Waals surface area contributed by atoms with Gasteiger partial charge in [-0.3, -0.25) is 14.9 Å². The van der Waals surface area contributed by atoms with Gasteiger partial charge in [-0.05, 0) is 13.3 Å². The molecule has 1 unspecified atom stereocenters. The van der Waals surface area contributed by atoms with Gasteiger partial charge in [0, 0.05) is 6.54 Å². The van der Waals surface area contributed by atoms with E-state index in [1.54, 1.807) is 6.92 Å². The third-order valence-corrected chi connectivity index (χ3v) is 2.68. The molecule has 8 nitrogen and oxygen atoms in total. The van der Waals surface area contributed by atoms with Gasteiger partial charge in [0.25, 0.3) is 0 Å². The summed E-state index contributed by atoms with van der Waals surface area (Å²) >= 11 is 0. The molecule has 1 atom stereocenters. The number of hydrogen-bond acceptors (Lipinski definition) is 5. The molecule has 0 fully saturated rings. The van der Waals surface area contributed by atoms with Gasteiger partial charge in [-0.1, -0.05) is 13.3 Å². The largest absolute Gasteiger partial charge is 0.475 e. The lowest BCUT2D eigenvalue weighted by Crippen LogP contribution is -2.31. The quantitative estimate of drug-likeness (QED) is 0.457.